The van der Waals surface area contributed by atoms with Crippen LogP contribution in [0.3, 0.4) is 0 Å². The number of nitrogens with zero attached hydrogens (tertiary/aromatic N) is 1. The first kappa shape index (κ1) is 25.0. The molecule has 0 aromatic heterocycles. The molecule has 4 rings (SSSR count). The van der Waals surface area contributed by atoms with Gasteiger partial charge in [0.15, 0.2) is 0 Å². The number of carbonyl (C=O) groups is 1. The van der Waals surface area contributed by atoms with Crippen molar-refractivity contribution in [2.45, 2.75) is 35.2 Å². The number of nitrogens with two attached hydrogens (primary N) is 1. The van der Waals surface area contributed by atoms with Gasteiger partial charge in [-0.1, -0.05) is 30.3 Å². The zero-order chi connectivity index (χ0) is 25.2. The number of carbonyl (C=O) groups excluding carboxylic acids is 1. The van der Waals surface area contributed by atoms with Gasteiger partial charge < -0.3 is 5.32 Å². The number of amides is 1. The monoisotopic (exact) mass is 517 g/mol. The van der Waals surface area contributed by atoms with Crippen LogP contribution in [-0.2, 0) is 31.4 Å². The smallest absolute Gasteiger partial charge is 0.243 e. The van der Waals surface area contributed by atoms with E-state index in [4.69, 9.17) is 5.14 Å². The van der Waals surface area contributed by atoms with Crippen molar-refractivity contribution in [2.75, 3.05) is 6.54 Å². The molecule has 184 valence electrons. The van der Waals surface area contributed by atoms with Crippen molar-refractivity contribution in [3.63, 3.8) is 0 Å². The molecule has 35 heavy (non-hydrogen) atoms. The predicted octanol–water partition coefficient (Wildman–Crippen LogP) is 2.61. The molecule has 0 bridgehead atoms. The van der Waals surface area contributed by atoms with Gasteiger partial charge in [0, 0.05) is 13.1 Å². The van der Waals surface area contributed by atoms with Gasteiger partial charge in [-0.2, -0.15) is 4.31 Å². The Kier molecular flexibility index (Phi) is 7.04. The highest BCUT2D eigenvalue weighted by Gasteiger charge is 2.39. The van der Waals surface area contributed by atoms with Gasteiger partial charge >= 0.3 is 0 Å². The number of primary sulfonamides is 1. The van der Waals surface area contributed by atoms with Gasteiger partial charge in [-0.3, -0.25) is 4.79 Å². The average Bonchev–Trinajstić information content (AvgIpc) is 3.34. The van der Waals surface area contributed by atoms with Crippen LogP contribution in [-0.4, -0.2) is 39.6 Å². The van der Waals surface area contributed by atoms with E-state index in [-0.39, 0.29) is 22.9 Å². The first-order valence-corrected chi connectivity index (χ1v) is 13.8. The third-order valence-corrected chi connectivity index (χ3v) is 8.69. The Morgan fingerprint density at radius 3 is 2.26 bits per heavy atom. The van der Waals surface area contributed by atoms with Crippen LogP contribution in [0.5, 0.6) is 0 Å². The summed E-state index contributed by atoms with van der Waals surface area (Å²) in [5.74, 6) is -0.946. The minimum atomic E-state index is -3.94. The van der Waals surface area contributed by atoms with Crippen LogP contribution < -0.4 is 10.5 Å². The van der Waals surface area contributed by atoms with E-state index < -0.39 is 37.8 Å². The summed E-state index contributed by atoms with van der Waals surface area (Å²) in [4.78, 5) is 12.9. The quantitative estimate of drug-likeness (QED) is 0.498. The molecular formula is C24H24FN3O5S2. The molecule has 8 nitrogen and oxygen atoms in total. The van der Waals surface area contributed by atoms with E-state index in [2.05, 4.69) is 5.32 Å². The fourth-order valence-corrected chi connectivity index (χ4v) is 6.21. The standard InChI is InChI=1S/C24H24FN3O5S2/c25-20-8-12-22(13-9-20)35(32,33)28-14-2-5-23(28)24(29)27-16-17-3-1-4-19(15-17)18-6-10-21(11-7-18)34(26,30)31/h1,3-4,6-13,15,23H,2,5,14,16H2,(H,27,29)(H2,26,30,31)/t23-/m0/s1. The van der Waals surface area contributed by atoms with Crippen molar-refractivity contribution in [3.05, 3.63) is 84.2 Å². The third kappa shape index (κ3) is 5.59. The molecule has 0 aliphatic carbocycles. The molecule has 0 radical (unpaired) electrons. The fourth-order valence-electron chi connectivity index (χ4n) is 4.04. The number of sulfonamides is 2. The van der Waals surface area contributed by atoms with Crippen molar-refractivity contribution < 1.29 is 26.0 Å². The zero-order valence-electron chi connectivity index (χ0n) is 18.6. The fraction of sp³-hybridized carbons (Fsp3) is 0.208. The highest BCUT2D eigenvalue weighted by molar-refractivity contribution is 7.89. The minimum absolute atomic E-state index is 0.0152. The average molecular weight is 518 g/mol. The molecule has 11 heteroatoms. The first-order chi connectivity index (χ1) is 16.6. The lowest BCUT2D eigenvalue weighted by Crippen LogP contribution is -2.45. The number of hydrogen-bond acceptors (Lipinski definition) is 5. The van der Waals surface area contributed by atoms with E-state index in [1.165, 1.54) is 28.6 Å². The maximum atomic E-state index is 13.2. The second-order valence-electron chi connectivity index (χ2n) is 8.22. The van der Waals surface area contributed by atoms with E-state index >= 15 is 0 Å². The van der Waals surface area contributed by atoms with E-state index in [9.17, 15) is 26.0 Å². The number of halogens is 1. The molecule has 1 heterocycles. The molecular weight excluding hydrogens is 493 g/mol. The van der Waals surface area contributed by atoms with Crippen LogP contribution >= 0.6 is 0 Å². The summed E-state index contributed by atoms with van der Waals surface area (Å²) in [6, 6.07) is 17.2. The SMILES string of the molecule is NS(=O)(=O)c1ccc(-c2cccc(CNC(=O)[C@@H]3CCCN3S(=O)(=O)c3ccc(F)cc3)c2)cc1. The first-order valence-electron chi connectivity index (χ1n) is 10.8. The third-order valence-electron chi connectivity index (χ3n) is 5.84. The molecule has 1 aliphatic heterocycles. The summed E-state index contributed by atoms with van der Waals surface area (Å²) >= 11 is 0. The molecule has 1 aliphatic rings. The maximum absolute atomic E-state index is 13.2. The molecule has 3 N–H and O–H groups in total. The van der Waals surface area contributed by atoms with E-state index in [1.54, 1.807) is 12.1 Å². The summed E-state index contributed by atoms with van der Waals surface area (Å²) in [5.41, 5.74) is 2.38. The Labute approximate surface area is 203 Å². The lowest BCUT2D eigenvalue weighted by molar-refractivity contribution is -0.124. The number of benzene rings is 3. The molecule has 1 atom stereocenters. The highest BCUT2D eigenvalue weighted by Crippen LogP contribution is 2.27. The van der Waals surface area contributed by atoms with Crippen LogP contribution in [0, 0.1) is 5.82 Å². The van der Waals surface area contributed by atoms with Crippen molar-refractivity contribution in [1.29, 1.82) is 0 Å². The zero-order valence-corrected chi connectivity index (χ0v) is 20.2. The molecule has 1 saturated heterocycles. The Hall–Kier alpha value is -3.12. The number of nitrogens with one attached hydrogen (secondary N) is 1. The summed E-state index contributed by atoms with van der Waals surface area (Å²) in [6.07, 6.45) is 0.936. The van der Waals surface area contributed by atoms with Crippen molar-refractivity contribution in [1.82, 2.24) is 9.62 Å². The van der Waals surface area contributed by atoms with Gasteiger partial charge in [0.25, 0.3) is 0 Å². The summed E-state index contributed by atoms with van der Waals surface area (Å²) in [5, 5.41) is 7.95. The van der Waals surface area contributed by atoms with Gasteiger partial charge in [-0.25, -0.2) is 26.4 Å². The largest absolute Gasteiger partial charge is 0.351 e. The van der Waals surface area contributed by atoms with Crippen molar-refractivity contribution in [2.24, 2.45) is 5.14 Å². The van der Waals surface area contributed by atoms with Gasteiger partial charge in [-0.05, 0) is 72.0 Å². The van der Waals surface area contributed by atoms with Gasteiger partial charge in [0.2, 0.25) is 26.0 Å². The normalized spacial score (nSPS) is 16.8. The van der Waals surface area contributed by atoms with Crippen LogP contribution in [0.25, 0.3) is 11.1 Å². The van der Waals surface area contributed by atoms with E-state index in [1.807, 2.05) is 24.3 Å². The van der Waals surface area contributed by atoms with Crippen LogP contribution in [0.2, 0.25) is 0 Å². The highest BCUT2D eigenvalue weighted by atomic mass is 32.2. The van der Waals surface area contributed by atoms with Gasteiger partial charge in [0.05, 0.1) is 9.79 Å². The van der Waals surface area contributed by atoms with E-state index in [0.717, 1.165) is 28.8 Å². The Bertz CT molecular complexity index is 1440. The molecule has 3 aromatic rings. The maximum Gasteiger partial charge on any atom is 0.243 e. The molecule has 0 unspecified atom stereocenters. The lowest BCUT2D eigenvalue weighted by Gasteiger charge is -2.23. The molecule has 1 amide bonds. The summed E-state index contributed by atoms with van der Waals surface area (Å²) in [7, 11) is -7.72. The molecule has 0 spiro atoms. The van der Waals surface area contributed by atoms with Crippen LogP contribution in [0.4, 0.5) is 4.39 Å². The minimum Gasteiger partial charge on any atom is -0.351 e. The predicted molar refractivity (Wildman–Crippen MR) is 128 cm³/mol. The number of rotatable bonds is 7. The molecule has 1 fully saturated rings. The van der Waals surface area contributed by atoms with Crippen LogP contribution in [0.15, 0.2) is 82.6 Å². The Morgan fingerprint density at radius 1 is 0.943 bits per heavy atom. The van der Waals surface area contributed by atoms with E-state index in [0.29, 0.717) is 12.8 Å². The Balaban J connectivity index is 1.45. The summed E-state index contributed by atoms with van der Waals surface area (Å²) < 4.78 is 63.3. The molecule has 0 saturated carbocycles. The topological polar surface area (TPSA) is 127 Å². The van der Waals surface area contributed by atoms with Crippen molar-refractivity contribution in [3.8, 4) is 11.1 Å². The van der Waals surface area contributed by atoms with Gasteiger partial charge in [0.1, 0.15) is 11.9 Å². The number of hydrogen-bond donors (Lipinski definition) is 2. The van der Waals surface area contributed by atoms with Crippen molar-refractivity contribution >= 4 is 26.0 Å². The lowest BCUT2D eigenvalue weighted by atomic mass is 10.0. The van der Waals surface area contributed by atoms with Crippen LogP contribution in [0.1, 0.15) is 18.4 Å². The molecule has 3 aromatic carbocycles. The Morgan fingerprint density at radius 2 is 1.60 bits per heavy atom. The van der Waals surface area contributed by atoms with Gasteiger partial charge in [-0.15, -0.1) is 0 Å². The second kappa shape index (κ2) is 9.86. The second-order valence-corrected chi connectivity index (χ2v) is 11.7. The summed E-state index contributed by atoms with van der Waals surface area (Å²) in [6.45, 7) is 0.394.